The second-order valence-electron chi connectivity index (χ2n) is 5.29. The number of rotatable bonds is 5. The summed E-state index contributed by atoms with van der Waals surface area (Å²) in [5.74, 6) is 0.861. The number of aliphatic hydroxyl groups is 1. The Kier molecular flexibility index (Phi) is 4.70. The molecule has 2 rings (SSSR count). The summed E-state index contributed by atoms with van der Waals surface area (Å²) in [5, 5.41) is 15.9. The molecule has 0 saturated heterocycles. The monoisotopic (exact) mass is 288 g/mol. The van der Waals surface area contributed by atoms with E-state index in [2.05, 4.69) is 15.4 Å². The lowest BCUT2D eigenvalue weighted by atomic mass is 10.1. The Bertz CT molecular complexity index is 622. The normalized spacial score (nSPS) is 12.4. The van der Waals surface area contributed by atoms with Crippen molar-refractivity contribution >= 4 is 5.91 Å². The van der Waals surface area contributed by atoms with E-state index < -0.39 is 0 Å². The minimum atomic E-state index is -0.279. The van der Waals surface area contributed by atoms with Gasteiger partial charge in [-0.3, -0.25) is 4.79 Å². The van der Waals surface area contributed by atoms with E-state index in [4.69, 9.17) is 5.11 Å². The minimum absolute atomic E-state index is 0.0913. The number of hydrogen-bond donors (Lipinski definition) is 2. The Morgan fingerprint density at radius 1 is 1.38 bits per heavy atom. The molecular formula is C15H20N4O2. The van der Waals surface area contributed by atoms with Crippen molar-refractivity contribution in [2.24, 2.45) is 0 Å². The van der Waals surface area contributed by atoms with E-state index in [0.29, 0.717) is 5.56 Å². The van der Waals surface area contributed by atoms with Gasteiger partial charge in [-0.2, -0.15) is 5.10 Å². The van der Waals surface area contributed by atoms with Crippen LogP contribution in [-0.2, 0) is 0 Å². The van der Waals surface area contributed by atoms with E-state index in [1.165, 1.54) is 6.33 Å². The molecule has 6 heteroatoms. The zero-order valence-corrected chi connectivity index (χ0v) is 12.4. The Hall–Kier alpha value is -2.21. The number of benzene rings is 1. The van der Waals surface area contributed by atoms with E-state index in [1.54, 1.807) is 29.8 Å². The highest BCUT2D eigenvalue weighted by Gasteiger charge is 2.13. The van der Waals surface area contributed by atoms with Crippen LogP contribution in [0.4, 0.5) is 0 Å². The van der Waals surface area contributed by atoms with Gasteiger partial charge in [0.1, 0.15) is 12.2 Å². The molecule has 2 aromatic rings. The van der Waals surface area contributed by atoms with Gasteiger partial charge < -0.3 is 10.4 Å². The molecule has 1 atom stereocenters. The second kappa shape index (κ2) is 6.49. The first-order valence-electron chi connectivity index (χ1n) is 6.95. The lowest BCUT2D eigenvalue weighted by molar-refractivity contribution is 0.0922. The van der Waals surface area contributed by atoms with Crippen molar-refractivity contribution in [2.45, 2.75) is 32.7 Å². The molecule has 0 unspecified atom stereocenters. The van der Waals surface area contributed by atoms with Crippen molar-refractivity contribution in [3.8, 4) is 5.69 Å². The lowest BCUT2D eigenvalue weighted by Crippen LogP contribution is -2.35. The number of aromatic nitrogens is 3. The molecule has 1 heterocycles. The maximum atomic E-state index is 12.1. The number of carbonyl (C=O) groups excluding carboxylic acids is 1. The topological polar surface area (TPSA) is 80.0 Å². The predicted octanol–water partition coefficient (Wildman–Crippen LogP) is 1.50. The molecule has 6 nitrogen and oxygen atoms in total. The number of nitrogens with one attached hydrogen (secondary N) is 1. The predicted molar refractivity (Wildman–Crippen MR) is 79.5 cm³/mol. The van der Waals surface area contributed by atoms with Gasteiger partial charge in [0.05, 0.1) is 12.3 Å². The van der Waals surface area contributed by atoms with Crippen LogP contribution < -0.4 is 5.32 Å². The van der Waals surface area contributed by atoms with Crippen LogP contribution in [0.5, 0.6) is 0 Å². The summed E-state index contributed by atoms with van der Waals surface area (Å²) in [4.78, 5) is 16.3. The number of nitrogens with zero attached hydrogens (tertiary/aromatic N) is 3. The summed E-state index contributed by atoms with van der Waals surface area (Å²) in [7, 11) is 0. The number of amides is 1. The molecule has 0 fully saturated rings. The Morgan fingerprint density at radius 3 is 2.81 bits per heavy atom. The molecule has 0 aliphatic carbocycles. The van der Waals surface area contributed by atoms with Gasteiger partial charge in [0.25, 0.3) is 5.91 Å². The maximum absolute atomic E-state index is 12.1. The van der Waals surface area contributed by atoms with Gasteiger partial charge in [0.2, 0.25) is 0 Å². The molecule has 1 aromatic heterocycles. The molecule has 2 N–H and O–H groups in total. The van der Waals surface area contributed by atoms with Crippen LogP contribution in [0, 0.1) is 0 Å². The van der Waals surface area contributed by atoms with Gasteiger partial charge >= 0.3 is 0 Å². The Labute approximate surface area is 123 Å². The second-order valence-corrected chi connectivity index (χ2v) is 5.29. The third kappa shape index (κ3) is 3.46. The Morgan fingerprint density at radius 2 is 2.14 bits per heavy atom. The number of aliphatic hydroxyl groups excluding tert-OH is 1. The van der Waals surface area contributed by atoms with Crippen LogP contribution in [0.3, 0.4) is 0 Å². The molecule has 0 saturated carbocycles. The van der Waals surface area contributed by atoms with Crippen LogP contribution in [0.25, 0.3) is 5.69 Å². The van der Waals surface area contributed by atoms with Gasteiger partial charge in [-0.1, -0.05) is 19.9 Å². The maximum Gasteiger partial charge on any atom is 0.251 e. The van der Waals surface area contributed by atoms with Gasteiger partial charge in [-0.15, -0.1) is 0 Å². The first-order chi connectivity index (χ1) is 10.0. The van der Waals surface area contributed by atoms with Crippen molar-refractivity contribution in [2.75, 3.05) is 6.61 Å². The van der Waals surface area contributed by atoms with Crippen LogP contribution in [0.2, 0.25) is 0 Å². The molecule has 112 valence electrons. The fourth-order valence-corrected chi connectivity index (χ4v) is 1.97. The fourth-order valence-electron chi connectivity index (χ4n) is 1.97. The molecule has 0 radical (unpaired) electrons. The van der Waals surface area contributed by atoms with Crippen molar-refractivity contribution < 1.29 is 9.90 Å². The van der Waals surface area contributed by atoms with Crippen molar-refractivity contribution in [1.82, 2.24) is 20.1 Å². The summed E-state index contributed by atoms with van der Waals surface area (Å²) in [6.45, 7) is 5.74. The molecule has 0 aliphatic rings. The summed E-state index contributed by atoms with van der Waals surface area (Å²) >= 11 is 0. The van der Waals surface area contributed by atoms with E-state index in [9.17, 15) is 4.79 Å². The number of carbonyl (C=O) groups is 1. The van der Waals surface area contributed by atoms with Gasteiger partial charge in [-0.05, 0) is 25.1 Å². The van der Waals surface area contributed by atoms with Crippen LogP contribution in [-0.4, -0.2) is 38.4 Å². The average Bonchev–Trinajstić information content (AvgIpc) is 2.97. The zero-order valence-electron chi connectivity index (χ0n) is 12.4. The van der Waals surface area contributed by atoms with Crippen molar-refractivity contribution in [3.05, 3.63) is 42.0 Å². The highest BCUT2D eigenvalue weighted by Crippen LogP contribution is 2.17. The first-order valence-corrected chi connectivity index (χ1v) is 6.95. The van der Waals surface area contributed by atoms with Crippen LogP contribution >= 0.6 is 0 Å². The third-order valence-corrected chi connectivity index (χ3v) is 3.09. The van der Waals surface area contributed by atoms with Gasteiger partial charge in [0, 0.05) is 17.5 Å². The highest BCUT2D eigenvalue weighted by atomic mass is 16.3. The largest absolute Gasteiger partial charge is 0.394 e. The summed E-state index contributed by atoms with van der Waals surface area (Å²) in [5.41, 5.74) is 1.32. The molecule has 1 amide bonds. The number of hydrogen-bond acceptors (Lipinski definition) is 4. The molecule has 0 aliphatic heterocycles. The average molecular weight is 288 g/mol. The standard InChI is InChI=1S/C15H20N4O2/c1-10(2)14-16-9-17-19(14)13-6-4-5-12(7-13)15(21)18-11(3)8-20/h4-7,9-11,20H,8H2,1-3H3,(H,18,21)/t11-/m0/s1. The summed E-state index contributed by atoms with van der Waals surface area (Å²) < 4.78 is 1.73. The Balaban J connectivity index is 2.29. The zero-order chi connectivity index (χ0) is 15.4. The van der Waals surface area contributed by atoms with Gasteiger partial charge in [-0.25, -0.2) is 9.67 Å². The van der Waals surface area contributed by atoms with Crippen LogP contribution in [0.1, 0.15) is 42.9 Å². The highest BCUT2D eigenvalue weighted by molar-refractivity contribution is 5.94. The van der Waals surface area contributed by atoms with E-state index in [1.807, 2.05) is 19.9 Å². The minimum Gasteiger partial charge on any atom is -0.394 e. The summed E-state index contributed by atoms with van der Waals surface area (Å²) in [6, 6.07) is 6.90. The lowest BCUT2D eigenvalue weighted by Gasteiger charge is -2.12. The molecule has 21 heavy (non-hydrogen) atoms. The van der Waals surface area contributed by atoms with Gasteiger partial charge in [0.15, 0.2) is 0 Å². The molecule has 1 aromatic carbocycles. The van der Waals surface area contributed by atoms with Crippen molar-refractivity contribution in [3.63, 3.8) is 0 Å². The van der Waals surface area contributed by atoms with Crippen molar-refractivity contribution in [1.29, 1.82) is 0 Å². The molecule has 0 bridgehead atoms. The quantitative estimate of drug-likeness (QED) is 0.874. The molecule has 0 spiro atoms. The summed E-state index contributed by atoms with van der Waals surface area (Å²) in [6.07, 6.45) is 1.51. The smallest absolute Gasteiger partial charge is 0.251 e. The first kappa shape index (κ1) is 15.2. The molecular weight excluding hydrogens is 268 g/mol. The SMILES string of the molecule is CC(C)c1ncnn1-c1cccc(C(=O)N[C@@H](C)CO)c1. The third-order valence-electron chi connectivity index (χ3n) is 3.09. The van der Waals surface area contributed by atoms with E-state index in [-0.39, 0.29) is 24.5 Å². The van der Waals surface area contributed by atoms with Crippen LogP contribution in [0.15, 0.2) is 30.6 Å². The van der Waals surface area contributed by atoms with E-state index in [0.717, 1.165) is 11.5 Å². The fraction of sp³-hybridized carbons (Fsp3) is 0.400. The van der Waals surface area contributed by atoms with E-state index >= 15 is 0 Å².